The minimum absolute atomic E-state index is 0.0154. The fraction of sp³-hybridized carbons (Fsp3) is 0.605. The van der Waals surface area contributed by atoms with Crippen LogP contribution in [0.4, 0.5) is 10.5 Å². The first kappa shape index (κ1) is 82.6. The van der Waals surface area contributed by atoms with Crippen molar-refractivity contribution in [1.82, 2.24) is 34.8 Å². The molecule has 3 aromatic heterocycles. The summed E-state index contributed by atoms with van der Waals surface area (Å²) in [5.41, 5.74) is 8.69. The molecular formula is C76H103N9O22. The standard InChI is InChI=1S/C76H103N9O22/c1-4-61-62-41-58(86)19-20-66(62)80-69-63(61)46-84-67(69)42-65-64(73(84)93)50-105-74(94)76(65,5-2)107-75(95)106-47-53-13-17-56(18-14-53)79-71(91)55(9-6-7-21-77)40-60(88)49-104-48-59(87)10-8-23-96-25-27-98-29-31-100-33-35-102-37-38-103-36-34-101-32-30-99-28-26-97-24-22-83-45-57(81-82-83)43-78-70(90)54-15-11-52(12-16-54)44-85-68(89)39-51(3)72(85)92/h13-14,17-20,41-42,45,51-52,54-55,86H,4-12,15-16,21-40,43-44,46-50,77H2,1-3H3,(H,78,90)(H,79,91)/t51?,52?,54?,55-,76+/m1/s1. The van der Waals surface area contributed by atoms with Gasteiger partial charge in [-0.05, 0) is 118 Å². The maximum absolute atomic E-state index is 14.1. The second kappa shape index (κ2) is 42.9. The molecule has 1 aliphatic carbocycles. The van der Waals surface area contributed by atoms with Crippen molar-refractivity contribution in [1.29, 1.82) is 0 Å². The molecule has 107 heavy (non-hydrogen) atoms. The number of carbonyl (C=O) groups excluding carboxylic acids is 8. The van der Waals surface area contributed by atoms with Crippen molar-refractivity contribution in [2.45, 2.75) is 143 Å². The van der Waals surface area contributed by atoms with E-state index in [2.05, 4.69) is 20.9 Å². The Morgan fingerprint density at radius 3 is 1.99 bits per heavy atom. The number of hydrogen-bond donors (Lipinski definition) is 4. The van der Waals surface area contributed by atoms with Crippen LogP contribution in [0, 0.1) is 23.7 Å². The Morgan fingerprint density at radius 2 is 1.37 bits per heavy atom. The zero-order valence-electron chi connectivity index (χ0n) is 61.7. The number of benzene rings is 2. The summed E-state index contributed by atoms with van der Waals surface area (Å²) in [6.45, 7) is 12.5. The number of anilines is 1. The normalized spacial score (nSPS) is 17.7. The fourth-order valence-corrected chi connectivity index (χ4v) is 13.4. The quantitative estimate of drug-likeness (QED) is 0.0194. The molecule has 0 bridgehead atoms. The van der Waals surface area contributed by atoms with Crippen LogP contribution in [-0.2, 0) is 135 Å². The number of ketones is 2. The van der Waals surface area contributed by atoms with E-state index in [0.717, 1.165) is 42.2 Å². The molecule has 31 nitrogen and oxygen atoms in total. The molecular weight excluding hydrogens is 1390 g/mol. The average molecular weight is 1490 g/mol. The highest BCUT2D eigenvalue weighted by atomic mass is 16.7. The third-order valence-electron chi connectivity index (χ3n) is 19.3. The van der Waals surface area contributed by atoms with Crippen LogP contribution in [0.1, 0.15) is 131 Å². The molecule has 1 saturated heterocycles. The SMILES string of the molecule is CCc1c2c(nc3ccc(O)cc13)-c1cc3c(c(=O)n1C2)COC(=O)[C@@]3(CC)OC(=O)OCc1ccc(NC(=O)[C@H](CCCCN)CC(=O)COCC(=O)CCCOCCOCCOCCOCCOCCOCCOCCOCCn2cc(CNC(=O)C3CCC(CN4C(=O)CC(C)C4=O)CC3)nn2)cc1. The molecule has 584 valence electrons. The number of phenolic OH excluding ortho intramolecular Hbond substituents is 1. The van der Waals surface area contributed by atoms with Gasteiger partial charge in [-0.1, -0.05) is 44.5 Å². The molecule has 31 heteroatoms. The number of nitrogens with one attached hydrogen (secondary N) is 2. The summed E-state index contributed by atoms with van der Waals surface area (Å²) in [6, 6.07) is 13.1. The molecule has 1 saturated carbocycles. The number of likely N-dealkylation sites (tertiary alicyclic amines) is 1. The number of ether oxygens (including phenoxy) is 12. The second-order valence-corrected chi connectivity index (χ2v) is 27.0. The molecule has 9 rings (SSSR count). The Hall–Kier alpha value is -8.50. The van der Waals surface area contributed by atoms with Crippen molar-refractivity contribution in [2.24, 2.45) is 29.4 Å². The van der Waals surface area contributed by atoms with E-state index in [-0.39, 0.29) is 135 Å². The third-order valence-corrected chi connectivity index (χ3v) is 19.3. The number of aromatic nitrogens is 5. The monoisotopic (exact) mass is 1490 g/mol. The zero-order chi connectivity index (χ0) is 75.9. The lowest BCUT2D eigenvalue weighted by Crippen LogP contribution is -2.47. The van der Waals surface area contributed by atoms with Gasteiger partial charge in [0.2, 0.25) is 29.2 Å². The van der Waals surface area contributed by atoms with Crippen molar-refractivity contribution >= 4 is 63.9 Å². The number of rotatable bonds is 50. The number of unbranched alkanes of at least 4 members (excludes halogenated alkanes) is 1. The first-order chi connectivity index (χ1) is 52.0. The number of cyclic esters (lactones) is 1. The third kappa shape index (κ3) is 24.2. The predicted octanol–water partition coefficient (Wildman–Crippen LogP) is 5.96. The van der Waals surface area contributed by atoms with Crippen molar-refractivity contribution in [3.63, 3.8) is 0 Å². The number of fused-ring (bicyclic) bond motifs is 5. The summed E-state index contributed by atoms with van der Waals surface area (Å²) in [4.78, 5) is 124. The number of nitrogens with two attached hydrogens (primary N) is 1. The van der Waals surface area contributed by atoms with Crippen molar-refractivity contribution in [3.8, 4) is 17.1 Å². The number of esters is 1. The summed E-state index contributed by atoms with van der Waals surface area (Å²) in [6.07, 6.45) is 6.70. The lowest BCUT2D eigenvalue weighted by atomic mass is 9.81. The number of nitrogens with zero attached hydrogens (tertiary/aromatic N) is 6. The van der Waals surface area contributed by atoms with Gasteiger partial charge in [0.05, 0.1) is 147 Å². The number of phenols is 1. The number of carbonyl (C=O) groups is 8. The first-order valence-electron chi connectivity index (χ1n) is 37.3. The molecule has 2 aromatic carbocycles. The van der Waals surface area contributed by atoms with E-state index in [4.69, 9.17) is 67.6 Å². The summed E-state index contributed by atoms with van der Waals surface area (Å²) >= 11 is 0. The van der Waals surface area contributed by atoms with Gasteiger partial charge in [0.1, 0.15) is 37.9 Å². The summed E-state index contributed by atoms with van der Waals surface area (Å²) < 4.78 is 70.1. The second-order valence-electron chi connectivity index (χ2n) is 27.0. The lowest BCUT2D eigenvalue weighted by Gasteiger charge is -2.35. The van der Waals surface area contributed by atoms with Crippen LogP contribution >= 0.6 is 0 Å². The molecule has 0 radical (unpaired) electrons. The van der Waals surface area contributed by atoms with Gasteiger partial charge in [0, 0.05) is 72.4 Å². The van der Waals surface area contributed by atoms with Gasteiger partial charge in [0.25, 0.3) is 5.56 Å². The molecule has 4 amide bonds. The summed E-state index contributed by atoms with van der Waals surface area (Å²) in [7, 11) is 0. The average Bonchev–Trinajstić information content (AvgIpc) is 1.60. The highest BCUT2D eigenvalue weighted by molar-refractivity contribution is 6.03. The topological polar surface area (TPSA) is 386 Å². The van der Waals surface area contributed by atoms with E-state index >= 15 is 0 Å². The number of Topliss-reactive ketones (excluding diaryl/α,β-unsaturated/α-hetero) is 2. The summed E-state index contributed by atoms with van der Waals surface area (Å²) in [5, 5.41) is 25.1. The maximum atomic E-state index is 14.1. The fourth-order valence-electron chi connectivity index (χ4n) is 13.4. The molecule has 1 unspecified atom stereocenters. The highest BCUT2D eigenvalue weighted by Crippen LogP contribution is 2.43. The first-order valence-corrected chi connectivity index (χ1v) is 37.3. The molecule has 6 heterocycles. The molecule has 2 fully saturated rings. The van der Waals surface area contributed by atoms with Crippen LogP contribution in [0.3, 0.4) is 0 Å². The van der Waals surface area contributed by atoms with Crippen LogP contribution < -0.4 is 21.9 Å². The van der Waals surface area contributed by atoms with Gasteiger partial charge in [-0.25, -0.2) is 19.3 Å². The molecule has 3 atom stereocenters. The van der Waals surface area contributed by atoms with Gasteiger partial charge in [0.15, 0.2) is 11.6 Å². The van der Waals surface area contributed by atoms with Crippen LogP contribution in [0.2, 0.25) is 0 Å². The number of imide groups is 1. The molecule has 4 aliphatic rings. The Labute approximate surface area is 621 Å². The van der Waals surface area contributed by atoms with Crippen LogP contribution in [-0.4, -0.2) is 214 Å². The van der Waals surface area contributed by atoms with Gasteiger partial charge in [-0.2, -0.15) is 0 Å². The van der Waals surface area contributed by atoms with Gasteiger partial charge < -0.3 is 82.9 Å². The van der Waals surface area contributed by atoms with Gasteiger partial charge in [-0.15, -0.1) is 5.10 Å². The van der Waals surface area contributed by atoms with Crippen molar-refractivity contribution in [2.75, 3.05) is 137 Å². The van der Waals surface area contributed by atoms with Crippen molar-refractivity contribution < 1.29 is 100 Å². The van der Waals surface area contributed by atoms with E-state index in [1.165, 1.54) is 4.90 Å². The lowest BCUT2D eigenvalue weighted by molar-refractivity contribution is -0.175. The Bertz CT molecular complexity index is 3840. The minimum atomic E-state index is -2.00. The Kier molecular flexibility index (Phi) is 33.1. The van der Waals surface area contributed by atoms with Crippen molar-refractivity contribution in [3.05, 3.63) is 98.6 Å². The number of pyridine rings is 2. The maximum Gasteiger partial charge on any atom is 0.510 e. The molecule has 5 N–H and O–H groups in total. The Balaban J connectivity index is 0.527. The Morgan fingerprint density at radius 1 is 0.738 bits per heavy atom. The molecule has 3 aliphatic heterocycles. The number of hydrogen-bond acceptors (Lipinski definition) is 26. The van der Waals surface area contributed by atoms with E-state index in [1.54, 1.807) is 77.8 Å². The van der Waals surface area contributed by atoms with E-state index in [1.807, 2.05) is 6.92 Å². The van der Waals surface area contributed by atoms with Crippen LogP contribution in [0.15, 0.2) is 59.5 Å². The largest absolute Gasteiger partial charge is 0.510 e. The number of aromatic hydroxyl groups is 1. The summed E-state index contributed by atoms with van der Waals surface area (Å²) in [5.74, 6) is -2.65. The van der Waals surface area contributed by atoms with Gasteiger partial charge in [-0.3, -0.25) is 38.5 Å². The molecule has 0 spiro atoms. The van der Waals surface area contributed by atoms with Crippen LogP contribution in [0.5, 0.6) is 5.75 Å². The van der Waals surface area contributed by atoms with Crippen LogP contribution in [0.25, 0.3) is 22.3 Å². The van der Waals surface area contributed by atoms with E-state index < -0.39 is 29.2 Å². The highest BCUT2D eigenvalue weighted by Gasteiger charge is 2.51. The predicted molar refractivity (Wildman–Crippen MR) is 385 cm³/mol. The van der Waals surface area contributed by atoms with E-state index in [9.17, 15) is 48.3 Å². The number of aryl methyl sites for hydroxylation is 1. The number of amides is 4. The smallest absolute Gasteiger partial charge is 0.508 e. The molecule has 5 aromatic rings. The van der Waals surface area contributed by atoms with E-state index in [0.29, 0.717) is 191 Å². The minimum Gasteiger partial charge on any atom is -0.508 e. The zero-order valence-corrected chi connectivity index (χ0v) is 61.7. The van der Waals surface area contributed by atoms with Gasteiger partial charge >= 0.3 is 12.1 Å².